The molecule has 1 amide bonds. The molecule has 0 aliphatic carbocycles. The van der Waals surface area contributed by atoms with E-state index in [2.05, 4.69) is 14.8 Å². The first-order valence-corrected chi connectivity index (χ1v) is 11.3. The predicted octanol–water partition coefficient (Wildman–Crippen LogP) is 3.58. The number of alkyl halides is 3. The second kappa shape index (κ2) is 7.79. The molecule has 5 rings (SSSR count). The Morgan fingerprint density at radius 2 is 1.72 bits per heavy atom. The van der Waals surface area contributed by atoms with Crippen LogP contribution in [0.5, 0.6) is 0 Å². The van der Waals surface area contributed by atoms with Gasteiger partial charge in [0.15, 0.2) is 0 Å². The summed E-state index contributed by atoms with van der Waals surface area (Å²) in [6.45, 7) is 3.70. The first-order chi connectivity index (χ1) is 15.3. The molecule has 5 heterocycles. The van der Waals surface area contributed by atoms with Crippen LogP contribution in [0.25, 0.3) is 0 Å². The average molecular weight is 448 g/mol. The molecule has 32 heavy (non-hydrogen) atoms. The Morgan fingerprint density at radius 1 is 1.00 bits per heavy atom. The van der Waals surface area contributed by atoms with Crippen molar-refractivity contribution >= 4 is 11.7 Å². The number of likely N-dealkylation sites (N-methyl/N-ethyl adjacent to an activating group) is 1. The van der Waals surface area contributed by atoms with Gasteiger partial charge in [-0.3, -0.25) is 9.69 Å². The van der Waals surface area contributed by atoms with Crippen LogP contribution in [0.3, 0.4) is 0 Å². The van der Waals surface area contributed by atoms with E-state index in [4.69, 9.17) is 0 Å². The maximum absolute atomic E-state index is 13.5. The summed E-state index contributed by atoms with van der Waals surface area (Å²) in [7, 11) is 1.98. The molecule has 2 fully saturated rings. The molecule has 2 saturated heterocycles. The summed E-state index contributed by atoms with van der Waals surface area (Å²) in [4.78, 5) is 24.1. The second-order valence-electron chi connectivity index (χ2n) is 9.07. The van der Waals surface area contributed by atoms with Crippen molar-refractivity contribution in [1.29, 1.82) is 0 Å². The highest BCUT2D eigenvalue weighted by atomic mass is 19.4. The van der Waals surface area contributed by atoms with E-state index in [-0.39, 0.29) is 5.91 Å². The fraction of sp³-hybridized carbons (Fsp3) is 0.565. The van der Waals surface area contributed by atoms with Gasteiger partial charge in [-0.2, -0.15) is 13.2 Å². The molecule has 1 spiro atoms. The lowest BCUT2D eigenvalue weighted by molar-refractivity contribution is -0.144. The Hall–Kier alpha value is -2.55. The number of carbonyl (C=O) groups excluding carboxylic acids is 1. The smallest absolute Gasteiger partial charge is 0.356 e. The molecular formula is C23H28F3N5O. The van der Waals surface area contributed by atoms with Gasteiger partial charge >= 0.3 is 6.18 Å². The topological polar surface area (TPSA) is 44.6 Å². The third-order valence-corrected chi connectivity index (χ3v) is 7.44. The Balaban J connectivity index is 1.38. The third-order valence-electron chi connectivity index (χ3n) is 7.44. The summed E-state index contributed by atoms with van der Waals surface area (Å²) in [5, 5.41) is 0. The van der Waals surface area contributed by atoms with Crippen LogP contribution in [-0.4, -0.2) is 65.0 Å². The minimum Gasteiger partial charge on any atom is -0.356 e. The normalized spacial score (nSPS) is 21.2. The van der Waals surface area contributed by atoms with Gasteiger partial charge in [0.05, 0.1) is 11.1 Å². The van der Waals surface area contributed by atoms with E-state index in [1.807, 2.05) is 18.0 Å². The Labute approximate surface area is 185 Å². The number of aromatic nitrogens is 2. The molecule has 3 aliphatic heterocycles. The highest BCUT2D eigenvalue weighted by Gasteiger charge is 2.47. The average Bonchev–Trinajstić information content (AvgIpc) is 3.47. The Morgan fingerprint density at radius 3 is 2.41 bits per heavy atom. The van der Waals surface area contributed by atoms with Gasteiger partial charge in [-0.1, -0.05) is 0 Å². The molecule has 2 aromatic heterocycles. The number of amides is 1. The number of nitrogens with zero attached hydrogens (tertiary/aromatic N) is 5. The minimum absolute atomic E-state index is 0.0420. The zero-order chi connectivity index (χ0) is 22.5. The van der Waals surface area contributed by atoms with E-state index in [1.165, 1.54) is 10.6 Å². The van der Waals surface area contributed by atoms with E-state index >= 15 is 0 Å². The molecule has 0 saturated carbocycles. The highest BCUT2D eigenvalue weighted by Crippen LogP contribution is 2.44. The van der Waals surface area contributed by atoms with Crippen molar-refractivity contribution in [2.24, 2.45) is 0 Å². The quantitative estimate of drug-likeness (QED) is 0.706. The predicted molar refractivity (Wildman–Crippen MR) is 115 cm³/mol. The maximum Gasteiger partial charge on any atom is 0.431 e. The molecule has 172 valence electrons. The molecule has 0 bridgehead atoms. The van der Waals surface area contributed by atoms with E-state index in [9.17, 15) is 18.0 Å². The number of likely N-dealkylation sites (tertiary alicyclic amines) is 1. The molecule has 9 heteroatoms. The number of piperidine rings is 1. The van der Waals surface area contributed by atoms with Gasteiger partial charge in [-0.15, -0.1) is 0 Å². The number of halogens is 3. The van der Waals surface area contributed by atoms with E-state index in [1.54, 1.807) is 18.3 Å². The Bertz CT molecular complexity index is 1000. The number of rotatable bonds is 2. The van der Waals surface area contributed by atoms with Gasteiger partial charge in [0.25, 0.3) is 5.91 Å². The number of hydrogen-bond acceptors (Lipinski definition) is 4. The van der Waals surface area contributed by atoms with Crippen LogP contribution in [0, 0.1) is 0 Å². The lowest BCUT2D eigenvalue weighted by atomic mass is 9.81. The van der Waals surface area contributed by atoms with Gasteiger partial charge in [-0.05, 0) is 57.0 Å². The van der Waals surface area contributed by atoms with Gasteiger partial charge in [0.1, 0.15) is 11.5 Å². The lowest BCUT2D eigenvalue weighted by Gasteiger charge is -2.50. The van der Waals surface area contributed by atoms with Crippen LogP contribution in [0.15, 0.2) is 30.5 Å². The number of pyridine rings is 1. The molecule has 0 unspecified atom stereocenters. The largest absolute Gasteiger partial charge is 0.431 e. The number of hydrogen-bond donors (Lipinski definition) is 0. The first-order valence-electron chi connectivity index (χ1n) is 11.3. The van der Waals surface area contributed by atoms with Gasteiger partial charge in [-0.25, -0.2) is 4.98 Å². The van der Waals surface area contributed by atoms with Gasteiger partial charge in [0.2, 0.25) is 0 Å². The number of fused-ring (bicyclic) bond motifs is 2. The summed E-state index contributed by atoms with van der Waals surface area (Å²) in [6, 6.07) is 6.45. The maximum atomic E-state index is 13.5. The van der Waals surface area contributed by atoms with Crippen molar-refractivity contribution in [3.63, 3.8) is 0 Å². The van der Waals surface area contributed by atoms with E-state index < -0.39 is 17.4 Å². The van der Waals surface area contributed by atoms with Crippen LogP contribution in [0.4, 0.5) is 19.0 Å². The zero-order valence-electron chi connectivity index (χ0n) is 18.2. The number of anilines is 1. The Kier molecular flexibility index (Phi) is 5.19. The van der Waals surface area contributed by atoms with E-state index in [0.717, 1.165) is 31.7 Å². The fourth-order valence-corrected chi connectivity index (χ4v) is 5.65. The molecule has 3 aliphatic rings. The fourth-order valence-electron chi connectivity index (χ4n) is 5.65. The van der Waals surface area contributed by atoms with Crippen LogP contribution in [-0.2, 0) is 18.3 Å². The molecule has 6 nitrogen and oxygen atoms in total. The molecule has 0 N–H and O–H groups in total. The van der Waals surface area contributed by atoms with E-state index in [0.29, 0.717) is 50.3 Å². The van der Waals surface area contributed by atoms with Crippen molar-refractivity contribution in [3.05, 3.63) is 47.4 Å². The lowest BCUT2D eigenvalue weighted by Crippen LogP contribution is -2.56. The standard InChI is InChI=1S/C23H28F3N5O/c1-28-15-16-31-18(6-7-19(31)23(24,25)26)22(28)8-13-30(14-9-22)21(32)17-5-4-10-27-20(17)29-11-2-3-12-29/h4-7,10H,2-3,8-9,11-16H2,1H3. The monoisotopic (exact) mass is 447 g/mol. The first kappa shape index (κ1) is 21.3. The van der Waals surface area contributed by atoms with Gasteiger partial charge < -0.3 is 14.4 Å². The van der Waals surface area contributed by atoms with Crippen molar-refractivity contribution in [1.82, 2.24) is 19.4 Å². The van der Waals surface area contributed by atoms with Gasteiger partial charge in [0, 0.05) is 51.2 Å². The summed E-state index contributed by atoms with van der Waals surface area (Å²) < 4.78 is 41.9. The van der Waals surface area contributed by atoms with Crippen molar-refractivity contribution in [2.45, 2.75) is 43.9 Å². The summed E-state index contributed by atoms with van der Waals surface area (Å²) >= 11 is 0. The zero-order valence-corrected chi connectivity index (χ0v) is 18.2. The number of carbonyl (C=O) groups is 1. The molecule has 0 atom stereocenters. The van der Waals surface area contributed by atoms with Crippen LogP contribution < -0.4 is 4.90 Å². The highest BCUT2D eigenvalue weighted by molar-refractivity contribution is 5.99. The molecule has 0 radical (unpaired) electrons. The molecule has 0 aromatic carbocycles. The SMILES string of the molecule is CN1CCn2c(C(F)(F)F)ccc2C12CCN(C(=O)c1cccnc1N1CCCC1)CC2. The van der Waals surface area contributed by atoms with Crippen molar-refractivity contribution < 1.29 is 18.0 Å². The van der Waals surface area contributed by atoms with Crippen molar-refractivity contribution in [2.75, 3.05) is 44.7 Å². The summed E-state index contributed by atoms with van der Waals surface area (Å²) in [6.07, 6.45) is 0.772. The molecular weight excluding hydrogens is 419 g/mol. The summed E-state index contributed by atoms with van der Waals surface area (Å²) in [5.74, 6) is 0.702. The van der Waals surface area contributed by atoms with Crippen LogP contribution in [0.1, 0.15) is 47.4 Å². The summed E-state index contributed by atoms with van der Waals surface area (Å²) in [5.41, 5.74) is 0.268. The van der Waals surface area contributed by atoms with Crippen LogP contribution >= 0.6 is 0 Å². The van der Waals surface area contributed by atoms with Crippen LogP contribution in [0.2, 0.25) is 0 Å². The minimum atomic E-state index is -4.36. The third kappa shape index (κ3) is 3.37. The molecule has 2 aromatic rings. The van der Waals surface area contributed by atoms with Crippen molar-refractivity contribution in [3.8, 4) is 0 Å². The second-order valence-corrected chi connectivity index (χ2v) is 9.07.